The van der Waals surface area contributed by atoms with Crippen molar-refractivity contribution in [1.82, 2.24) is 0 Å². The number of hydrogen-bond acceptors (Lipinski definition) is 1. The van der Waals surface area contributed by atoms with Crippen molar-refractivity contribution in [2.45, 2.75) is 19.0 Å². The third-order valence-electron chi connectivity index (χ3n) is 1.85. The fraction of sp³-hybridized carbons (Fsp3) is 0.455. The predicted molar refractivity (Wildman–Crippen MR) is 64.6 cm³/mol. The molecule has 0 aromatic heterocycles. The van der Waals surface area contributed by atoms with Crippen LogP contribution in [-0.4, -0.2) is 17.0 Å². The highest BCUT2D eigenvalue weighted by Gasteiger charge is 2.23. The van der Waals surface area contributed by atoms with E-state index in [4.69, 9.17) is 4.74 Å². The lowest BCUT2D eigenvalue weighted by Gasteiger charge is -2.18. The van der Waals surface area contributed by atoms with E-state index in [1.165, 1.54) is 0 Å². The van der Waals surface area contributed by atoms with Gasteiger partial charge < -0.3 is 4.74 Å². The zero-order valence-electron chi connectivity index (χ0n) is 8.42. The van der Waals surface area contributed by atoms with Crippen LogP contribution >= 0.6 is 22.6 Å². The minimum absolute atomic E-state index is 0.252. The van der Waals surface area contributed by atoms with Crippen LogP contribution in [0.25, 0.3) is 0 Å². The molecule has 4 heteroatoms. The Labute approximate surface area is 102 Å². The van der Waals surface area contributed by atoms with Crippen molar-refractivity contribution in [3.05, 3.63) is 35.9 Å². The fourth-order valence-electron chi connectivity index (χ4n) is 1.14. The summed E-state index contributed by atoms with van der Waals surface area (Å²) in [4.78, 5) is 0. The lowest BCUT2D eigenvalue weighted by atomic mass is 10.1. The molecular weight excluding hydrogens is 313 g/mol. The normalized spacial score (nSPS) is 13.9. The van der Waals surface area contributed by atoms with Gasteiger partial charge in [-0.25, -0.2) is 8.78 Å². The maximum absolute atomic E-state index is 12.6. The molecule has 1 rings (SSSR count). The summed E-state index contributed by atoms with van der Waals surface area (Å²) >= 11 is 2.13. The van der Waals surface area contributed by atoms with Gasteiger partial charge in [-0.3, -0.25) is 0 Å². The standard InChI is InChI=1S/C11H13F2IO/c1-11(12,13)8-15-10(7-14)9-5-3-2-4-6-9/h2-6,10H,7-8H2,1H3. The summed E-state index contributed by atoms with van der Waals surface area (Å²) in [5.74, 6) is -2.77. The van der Waals surface area contributed by atoms with E-state index in [0.29, 0.717) is 4.43 Å². The smallest absolute Gasteiger partial charge is 0.268 e. The Balaban J connectivity index is 2.58. The highest BCUT2D eigenvalue weighted by atomic mass is 127. The zero-order chi connectivity index (χ0) is 11.3. The average molecular weight is 326 g/mol. The van der Waals surface area contributed by atoms with Crippen LogP contribution in [0.2, 0.25) is 0 Å². The number of alkyl halides is 3. The predicted octanol–water partition coefficient (Wildman–Crippen LogP) is 3.83. The van der Waals surface area contributed by atoms with Gasteiger partial charge in [0.1, 0.15) is 6.61 Å². The van der Waals surface area contributed by atoms with Crippen LogP contribution in [-0.2, 0) is 4.74 Å². The number of benzene rings is 1. The summed E-state index contributed by atoms with van der Waals surface area (Å²) < 4.78 is 31.1. The largest absolute Gasteiger partial charge is 0.366 e. The number of halogens is 3. The topological polar surface area (TPSA) is 9.23 Å². The van der Waals surface area contributed by atoms with Crippen molar-refractivity contribution in [2.75, 3.05) is 11.0 Å². The minimum Gasteiger partial charge on any atom is -0.366 e. The molecule has 15 heavy (non-hydrogen) atoms. The maximum atomic E-state index is 12.6. The Bertz CT molecular complexity index is 284. The molecule has 0 aliphatic rings. The van der Waals surface area contributed by atoms with Gasteiger partial charge >= 0.3 is 0 Å². The molecule has 0 N–H and O–H groups in total. The van der Waals surface area contributed by atoms with Gasteiger partial charge in [0.05, 0.1) is 6.10 Å². The SMILES string of the molecule is CC(F)(F)COC(CI)c1ccccc1. The number of rotatable bonds is 5. The van der Waals surface area contributed by atoms with Crippen LogP contribution < -0.4 is 0 Å². The van der Waals surface area contributed by atoms with Crippen molar-refractivity contribution in [3.63, 3.8) is 0 Å². The summed E-state index contributed by atoms with van der Waals surface area (Å²) in [6.45, 7) is 0.331. The molecule has 0 aliphatic heterocycles. The molecule has 1 aromatic carbocycles. The molecule has 1 atom stereocenters. The number of hydrogen-bond donors (Lipinski definition) is 0. The first-order valence-electron chi connectivity index (χ1n) is 4.63. The molecule has 0 aliphatic carbocycles. The lowest BCUT2D eigenvalue weighted by molar-refractivity contribution is -0.0824. The van der Waals surface area contributed by atoms with E-state index in [1.54, 1.807) is 0 Å². The monoisotopic (exact) mass is 326 g/mol. The van der Waals surface area contributed by atoms with E-state index >= 15 is 0 Å². The Hall–Kier alpha value is -0.230. The van der Waals surface area contributed by atoms with Gasteiger partial charge in [-0.1, -0.05) is 52.9 Å². The molecule has 0 bridgehead atoms. The molecular formula is C11H13F2IO. The molecule has 1 aromatic rings. The molecule has 84 valence electrons. The average Bonchev–Trinajstić information content (AvgIpc) is 2.19. The van der Waals surface area contributed by atoms with Crippen molar-refractivity contribution in [2.24, 2.45) is 0 Å². The van der Waals surface area contributed by atoms with Crippen molar-refractivity contribution in [1.29, 1.82) is 0 Å². The second-order valence-corrected chi connectivity index (χ2v) is 4.32. The van der Waals surface area contributed by atoms with E-state index in [9.17, 15) is 8.78 Å². The van der Waals surface area contributed by atoms with Crippen molar-refractivity contribution >= 4 is 22.6 Å². The second kappa shape index (κ2) is 5.75. The van der Waals surface area contributed by atoms with Gasteiger partial charge in [0.25, 0.3) is 5.92 Å². The maximum Gasteiger partial charge on any atom is 0.268 e. The highest BCUT2D eigenvalue weighted by molar-refractivity contribution is 14.1. The van der Waals surface area contributed by atoms with Gasteiger partial charge in [0.15, 0.2) is 0 Å². The van der Waals surface area contributed by atoms with Gasteiger partial charge in [-0.05, 0) is 5.56 Å². The van der Waals surface area contributed by atoms with Crippen LogP contribution in [0, 0.1) is 0 Å². The molecule has 0 amide bonds. The summed E-state index contributed by atoms with van der Waals surface area (Å²) in [6, 6.07) is 9.42. The highest BCUT2D eigenvalue weighted by Crippen LogP contribution is 2.22. The summed E-state index contributed by atoms with van der Waals surface area (Å²) in [6.07, 6.45) is -0.252. The quantitative estimate of drug-likeness (QED) is 0.590. The van der Waals surface area contributed by atoms with Gasteiger partial charge in [0, 0.05) is 11.4 Å². The Morgan fingerprint density at radius 3 is 2.40 bits per heavy atom. The molecule has 1 nitrogen and oxygen atoms in total. The van der Waals surface area contributed by atoms with Crippen LogP contribution in [0.5, 0.6) is 0 Å². The molecule has 0 radical (unpaired) electrons. The van der Waals surface area contributed by atoms with Gasteiger partial charge in [-0.2, -0.15) is 0 Å². The van der Waals surface area contributed by atoms with Crippen LogP contribution in [0.15, 0.2) is 30.3 Å². The molecule has 0 saturated carbocycles. The molecule has 0 heterocycles. The van der Waals surface area contributed by atoms with Gasteiger partial charge in [0.2, 0.25) is 0 Å². The fourth-order valence-corrected chi connectivity index (χ4v) is 1.91. The van der Waals surface area contributed by atoms with E-state index in [-0.39, 0.29) is 6.10 Å². The Morgan fingerprint density at radius 2 is 1.93 bits per heavy atom. The van der Waals surface area contributed by atoms with E-state index < -0.39 is 12.5 Å². The first kappa shape index (κ1) is 12.8. The third-order valence-corrected chi connectivity index (χ3v) is 2.65. The summed E-state index contributed by atoms with van der Waals surface area (Å²) in [5, 5.41) is 0. The van der Waals surface area contributed by atoms with Crippen LogP contribution in [0.3, 0.4) is 0 Å². The second-order valence-electron chi connectivity index (χ2n) is 3.43. The molecule has 0 spiro atoms. The number of ether oxygens (including phenoxy) is 1. The zero-order valence-corrected chi connectivity index (χ0v) is 10.6. The molecule has 1 unspecified atom stereocenters. The Morgan fingerprint density at radius 1 is 1.33 bits per heavy atom. The minimum atomic E-state index is -2.77. The molecule has 0 fully saturated rings. The van der Waals surface area contributed by atoms with E-state index in [0.717, 1.165) is 12.5 Å². The van der Waals surface area contributed by atoms with Crippen LogP contribution in [0.1, 0.15) is 18.6 Å². The summed E-state index contributed by atoms with van der Waals surface area (Å²) in [7, 11) is 0. The Kier molecular flexibility index (Phi) is 4.92. The van der Waals surface area contributed by atoms with Crippen molar-refractivity contribution < 1.29 is 13.5 Å². The summed E-state index contributed by atoms with van der Waals surface area (Å²) in [5.41, 5.74) is 0.941. The third kappa shape index (κ3) is 4.88. The van der Waals surface area contributed by atoms with Crippen molar-refractivity contribution in [3.8, 4) is 0 Å². The first-order valence-corrected chi connectivity index (χ1v) is 6.16. The van der Waals surface area contributed by atoms with Gasteiger partial charge in [-0.15, -0.1) is 0 Å². The molecule has 0 saturated heterocycles. The first-order chi connectivity index (χ1) is 7.03. The van der Waals surface area contributed by atoms with E-state index in [2.05, 4.69) is 22.6 Å². The lowest BCUT2D eigenvalue weighted by Crippen LogP contribution is -2.21. The van der Waals surface area contributed by atoms with E-state index in [1.807, 2.05) is 30.3 Å². The van der Waals surface area contributed by atoms with Crippen LogP contribution in [0.4, 0.5) is 8.78 Å².